The van der Waals surface area contributed by atoms with E-state index in [4.69, 9.17) is 4.74 Å². The van der Waals surface area contributed by atoms with Crippen LogP contribution in [0.2, 0.25) is 0 Å². The van der Waals surface area contributed by atoms with Crippen molar-refractivity contribution < 1.29 is 13.2 Å². The molecule has 0 radical (unpaired) electrons. The Kier molecular flexibility index (Phi) is 4.36. The third kappa shape index (κ3) is 3.28. The fourth-order valence-electron chi connectivity index (χ4n) is 2.50. The molecule has 2 aromatic heterocycles. The molecule has 0 aliphatic heterocycles. The van der Waals surface area contributed by atoms with Crippen molar-refractivity contribution in [3.05, 3.63) is 58.3 Å². The van der Waals surface area contributed by atoms with Gasteiger partial charge in [0, 0.05) is 19.8 Å². The van der Waals surface area contributed by atoms with Crippen LogP contribution in [0.25, 0.3) is 5.52 Å². The van der Waals surface area contributed by atoms with Crippen molar-refractivity contribution in [2.24, 2.45) is 7.05 Å². The van der Waals surface area contributed by atoms with E-state index in [9.17, 15) is 13.2 Å². The van der Waals surface area contributed by atoms with Gasteiger partial charge in [-0.05, 0) is 30.7 Å². The van der Waals surface area contributed by atoms with Gasteiger partial charge in [0.1, 0.15) is 22.0 Å². The van der Waals surface area contributed by atoms with Gasteiger partial charge in [-0.3, -0.25) is 9.20 Å². The maximum absolute atomic E-state index is 12.5. The lowest BCUT2D eigenvalue weighted by atomic mass is 10.2. The van der Waals surface area contributed by atoms with Crippen LogP contribution in [0.5, 0.6) is 5.75 Å². The predicted molar refractivity (Wildman–Crippen MR) is 92.2 cm³/mol. The predicted octanol–water partition coefficient (Wildman–Crippen LogP) is 0.829. The summed E-state index contributed by atoms with van der Waals surface area (Å²) in [6.45, 7) is 1.83. The first-order valence-electron chi connectivity index (χ1n) is 7.50. The normalized spacial score (nSPS) is 11.8. The highest BCUT2D eigenvalue weighted by Crippen LogP contribution is 2.15. The zero-order valence-electron chi connectivity index (χ0n) is 14.1. The summed E-state index contributed by atoms with van der Waals surface area (Å²) >= 11 is 0. The lowest BCUT2D eigenvalue weighted by molar-refractivity contribution is 0.414. The molecule has 0 atom stereocenters. The van der Waals surface area contributed by atoms with Crippen molar-refractivity contribution in [1.29, 1.82) is 0 Å². The summed E-state index contributed by atoms with van der Waals surface area (Å²) in [5.74, 6) is 1.22. The SMILES string of the molecule is COc1ccc(CNS(=O)(=O)c2cc3c(=O)n(C)nc(C)n3c2)cc1. The number of ether oxygens (including phenoxy) is 1. The zero-order chi connectivity index (χ0) is 18.2. The van der Waals surface area contributed by atoms with Crippen molar-refractivity contribution in [3.63, 3.8) is 0 Å². The lowest BCUT2D eigenvalue weighted by Gasteiger charge is -2.06. The molecule has 1 aromatic carbocycles. The van der Waals surface area contributed by atoms with E-state index in [2.05, 4.69) is 9.82 Å². The molecule has 0 bridgehead atoms. The van der Waals surface area contributed by atoms with E-state index < -0.39 is 10.0 Å². The summed E-state index contributed by atoms with van der Waals surface area (Å²) in [6.07, 6.45) is 1.40. The maximum Gasteiger partial charge on any atom is 0.290 e. The fraction of sp³-hybridized carbons (Fsp3) is 0.250. The summed E-state index contributed by atoms with van der Waals surface area (Å²) in [5.41, 5.74) is 0.698. The molecule has 3 aromatic rings. The highest BCUT2D eigenvalue weighted by molar-refractivity contribution is 7.89. The monoisotopic (exact) mass is 362 g/mol. The molecule has 0 unspecified atom stereocenters. The second-order valence-electron chi connectivity index (χ2n) is 5.58. The lowest BCUT2D eigenvalue weighted by Crippen LogP contribution is -2.23. The van der Waals surface area contributed by atoms with E-state index in [1.165, 1.54) is 28.4 Å². The molecule has 3 rings (SSSR count). The van der Waals surface area contributed by atoms with Gasteiger partial charge >= 0.3 is 0 Å². The maximum atomic E-state index is 12.5. The average molecular weight is 362 g/mol. The Morgan fingerprint density at radius 1 is 1.24 bits per heavy atom. The number of nitrogens with zero attached hydrogens (tertiary/aromatic N) is 3. The summed E-state index contributed by atoms with van der Waals surface area (Å²) < 4.78 is 35.3. The highest BCUT2D eigenvalue weighted by atomic mass is 32.2. The number of hydrogen-bond donors (Lipinski definition) is 1. The number of methoxy groups -OCH3 is 1. The quantitative estimate of drug-likeness (QED) is 0.725. The van der Waals surface area contributed by atoms with Crippen LogP contribution < -0.4 is 15.0 Å². The van der Waals surface area contributed by atoms with Crippen LogP contribution in [0.3, 0.4) is 0 Å². The minimum atomic E-state index is -3.76. The molecular weight excluding hydrogens is 344 g/mol. The van der Waals surface area contributed by atoms with Crippen LogP contribution in [0, 0.1) is 6.92 Å². The largest absolute Gasteiger partial charge is 0.497 e. The van der Waals surface area contributed by atoms with Crippen LogP contribution in [0.1, 0.15) is 11.4 Å². The number of fused-ring (bicyclic) bond motifs is 1. The fourth-order valence-corrected chi connectivity index (χ4v) is 3.53. The molecule has 0 spiro atoms. The van der Waals surface area contributed by atoms with Gasteiger partial charge < -0.3 is 4.74 Å². The van der Waals surface area contributed by atoms with E-state index in [0.717, 1.165) is 5.56 Å². The van der Waals surface area contributed by atoms with Gasteiger partial charge in [-0.25, -0.2) is 17.8 Å². The zero-order valence-corrected chi connectivity index (χ0v) is 14.9. The Labute approximate surface area is 144 Å². The molecule has 0 aliphatic rings. The number of rotatable bonds is 5. The van der Waals surface area contributed by atoms with Gasteiger partial charge in [0.05, 0.1) is 7.11 Å². The standard InChI is InChI=1S/C16H18N4O4S/c1-11-18-19(2)16(21)15-8-14(10-20(11)15)25(22,23)17-9-12-4-6-13(24-3)7-5-12/h4-8,10,17H,9H2,1-3H3. The van der Waals surface area contributed by atoms with Gasteiger partial charge in [-0.1, -0.05) is 12.1 Å². The Balaban J connectivity index is 1.89. The van der Waals surface area contributed by atoms with Crippen LogP contribution in [-0.4, -0.2) is 29.7 Å². The van der Waals surface area contributed by atoms with Gasteiger partial charge in [-0.15, -0.1) is 0 Å². The number of benzene rings is 1. The molecular formula is C16H18N4O4S. The Morgan fingerprint density at radius 2 is 1.92 bits per heavy atom. The van der Waals surface area contributed by atoms with Gasteiger partial charge in [0.25, 0.3) is 5.56 Å². The molecule has 0 amide bonds. The van der Waals surface area contributed by atoms with Gasteiger partial charge in [0.2, 0.25) is 10.0 Å². The van der Waals surface area contributed by atoms with E-state index >= 15 is 0 Å². The number of aryl methyl sites for hydroxylation is 2. The first-order chi connectivity index (χ1) is 11.8. The van der Waals surface area contributed by atoms with Gasteiger partial charge in [-0.2, -0.15) is 5.10 Å². The van der Waals surface area contributed by atoms with Crippen molar-refractivity contribution in [2.75, 3.05) is 7.11 Å². The molecule has 8 nitrogen and oxygen atoms in total. The van der Waals surface area contributed by atoms with Crippen LogP contribution >= 0.6 is 0 Å². The molecule has 0 saturated carbocycles. The first-order valence-corrected chi connectivity index (χ1v) is 8.99. The van der Waals surface area contributed by atoms with Crippen LogP contribution in [0.4, 0.5) is 0 Å². The number of nitrogens with one attached hydrogen (secondary N) is 1. The summed E-state index contributed by atoms with van der Waals surface area (Å²) in [5, 5.41) is 4.05. The third-order valence-electron chi connectivity index (χ3n) is 3.89. The van der Waals surface area contributed by atoms with Crippen molar-refractivity contribution >= 4 is 15.5 Å². The third-order valence-corrected chi connectivity index (χ3v) is 5.26. The summed E-state index contributed by atoms with van der Waals surface area (Å²) in [6, 6.07) is 8.43. The molecule has 1 N–H and O–H groups in total. The molecule has 132 valence electrons. The van der Waals surface area contributed by atoms with E-state index in [1.807, 2.05) is 0 Å². The van der Waals surface area contributed by atoms with Crippen LogP contribution in [-0.2, 0) is 23.6 Å². The number of sulfonamides is 1. The molecule has 0 saturated heterocycles. The Morgan fingerprint density at radius 3 is 2.56 bits per heavy atom. The molecule has 2 heterocycles. The van der Waals surface area contributed by atoms with E-state index in [1.54, 1.807) is 38.3 Å². The van der Waals surface area contributed by atoms with Crippen molar-refractivity contribution in [1.82, 2.24) is 18.9 Å². The minimum absolute atomic E-state index is 0.0224. The smallest absolute Gasteiger partial charge is 0.290 e. The van der Waals surface area contributed by atoms with Crippen LogP contribution in [0.15, 0.2) is 46.2 Å². The second kappa shape index (κ2) is 6.34. The van der Waals surface area contributed by atoms with Crippen molar-refractivity contribution in [3.8, 4) is 5.75 Å². The highest BCUT2D eigenvalue weighted by Gasteiger charge is 2.18. The minimum Gasteiger partial charge on any atom is -0.497 e. The summed E-state index contributed by atoms with van der Waals surface area (Å²) in [4.78, 5) is 12.1. The first kappa shape index (κ1) is 17.2. The van der Waals surface area contributed by atoms with Gasteiger partial charge in [0.15, 0.2) is 0 Å². The molecule has 9 heteroatoms. The molecule has 25 heavy (non-hydrogen) atoms. The van der Waals surface area contributed by atoms with E-state index in [-0.39, 0.29) is 22.5 Å². The summed E-state index contributed by atoms with van der Waals surface area (Å²) in [7, 11) is -0.668. The van der Waals surface area contributed by atoms with E-state index in [0.29, 0.717) is 11.6 Å². The number of aromatic nitrogens is 3. The average Bonchev–Trinajstić information content (AvgIpc) is 3.05. The number of hydrogen-bond acceptors (Lipinski definition) is 5. The Bertz CT molecular complexity index is 1080. The molecule has 0 aliphatic carbocycles. The topological polar surface area (TPSA) is 94.7 Å². The van der Waals surface area contributed by atoms with Crippen molar-refractivity contribution in [2.45, 2.75) is 18.4 Å². The molecule has 0 fully saturated rings. The Hall–Kier alpha value is -2.65. The second-order valence-corrected chi connectivity index (χ2v) is 7.35.